The first-order chi connectivity index (χ1) is 12.8. The summed E-state index contributed by atoms with van der Waals surface area (Å²) in [5.41, 5.74) is 19.7. The Hall–Kier alpha value is -4.26. The normalized spacial score (nSPS) is 10.9. The molecule has 0 fully saturated rings. The van der Waals surface area contributed by atoms with Crippen molar-refractivity contribution in [1.82, 2.24) is 19.1 Å². The van der Waals surface area contributed by atoms with Gasteiger partial charge in [0, 0.05) is 57.8 Å². The van der Waals surface area contributed by atoms with Crippen molar-refractivity contribution < 1.29 is 0 Å². The lowest BCUT2D eigenvalue weighted by Gasteiger charge is -2.01. The Labute approximate surface area is 145 Å². The van der Waals surface area contributed by atoms with E-state index in [4.69, 9.17) is 11.1 Å². The van der Waals surface area contributed by atoms with Gasteiger partial charge in [-0.25, -0.2) is 9.97 Å². The van der Waals surface area contributed by atoms with Gasteiger partial charge >= 0.3 is 0 Å². The quantitative estimate of drug-likeness (QED) is 0.280. The van der Waals surface area contributed by atoms with Gasteiger partial charge in [0.25, 0.3) is 0 Å². The standard InChI is InChI=1S/C16H10N10/c17-23-21-13-1-5-19-15-11(13)3-7-25(15)9-10-26-8-4-12-14(22-24-18)2-6-20-16(12)26/h1-10H/b10-9+. The van der Waals surface area contributed by atoms with Crippen molar-refractivity contribution in [3.8, 4) is 0 Å². The summed E-state index contributed by atoms with van der Waals surface area (Å²) in [5.74, 6) is 0. The number of azide groups is 2. The smallest absolute Gasteiger partial charge is 0.144 e. The zero-order valence-corrected chi connectivity index (χ0v) is 13.2. The summed E-state index contributed by atoms with van der Waals surface area (Å²) in [5, 5.41) is 8.87. The van der Waals surface area contributed by atoms with Crippen molar-refractivity contribution in [1.29, 1.82) is 0 Å². The van der Waals surface area contributed by atoms with Gasteiger partial charge in [0.05, 0.1) is 11.4 Å². The Bertz CT molecular complexity index is 1150. The third-order valence-electron chi connectivity index (χ3n) is 3.88. The minimum atomic E-state index is 0.525. The largest absolute Gasteiger partial charge is 0.307 e. The molecule has 0 aromatic carbocycles. The summed E-state index contributed by atoms with van der Waals surface area (Å²) < 4.78 is 3.63. The molecule has 10 nitrogen and oxygen atoms in total. The molecule has 0 saturated carbocycles. The van der Waals surface area contributed by atoms with Crippen LogP contribution in [0.25, 0.3) is 55.4 Å². The molecule has 0 aliphatic heterocycles. The molecule has 26 heavy (non-hydrogen) atoms. The second-order valence-electron chi connectivity index (χ2n) is 5.26. The predicted molar refractivity (Wildman–Crippen MR) is 98.6 cm³/mol. The van der Waals surface area contributed by atoms with E-state index in [-0.39, 0.29) is 0 Å². The fraction of sp³-hybridized carbons (Fsp3) is 0. The summed E-state index contributed by atoms with van der Waals surface area (Å²) in [4.78, 5) is 14.3. The van der Waals surface area contributed by atoms with Gasteiger partial charge in [-0.3, -0.25) is 0 Å². The highest BCUT2D eigenvalue weighted by molar-refractivity contribution is 5.91. The van der Waals surface area contributed by atoms with E-state index in [0.29, 0.717) is 22.7 Å². The summed E-state index contributed by atoms with van der Waals surface area (Å²) in [6.07, 6.45) is 10.5. The Balaban J connectivity index is 1.78. The van der Waals surface area contributed by atoms with Crippen LogP contribution in [0.3, 0.4) is 0 Å². The van der Waals surface area contributed by atoms with Crippen LogP contribution in [0.15, 0.2) is 59.3 Å². The van der Waals surface area contributed by atoms with E-state index >= 15 is 0 Å². The summed E-state index contributed by atoms with van der Waals surface area (Å²) >= 11 is 0. The minimum absolute atomic E-state index is 0.525. The number of fused-ring (bicyclic) bond motifs is 2. The fourth-order valence-corrected chi connectivity index (χ4v) is 2.74. The monoisotopic (exact) mass is 342 g/mol. The average molecular weight is 342 g/mol. The van der Waals surface area contributed by atoms with Crippen LogP contribution in [0.1, 0.15) is 0 Å². The van der Waals surface area contributed by atoms with Gasteiger partial charge in [0.15, 0.2) is 0 Å². The lowest BCUT2D eigenvalue weighted by molar-refractivity contribution is 1.14. The molecule has 10 heteroatoms. The number of rotatable bonds is 4. The summed E-state index contributed by atoms with van der Waals surface area (Å²) in [7, 11) is 0. The van der Waals surface area contributed by atoms with Crippen molar-refractivity contribution in [3.63, 3.8) is 0 Å². The van der Waals surface area contributed by atoms with Crippen LogP contribution in [-0.2, 0) is 0 Å². The molecule has 0 spiro atoms. The maximum atomic E-state index is 8.65. The van der Waals surface area contributed by atoms with E-state index < -0.39 is 0 Å². The summed E-state index contributed by atoms with van der Waals surface area (Å²) in [6, 6.07) is 7.00. The average Bonchev–Trinajstić information content (AvgIpc) is 3.26. The van der Waals surface area contributed by atoms with Gasteiger partial charge in [-0.15, -0.1) is 0 Å². The second kappa shape index (κ2) is 6.33. The van der Waals surface area contributed by atoms with E-state index in [0.717, 1.165) is 10.8 Å². The molecular formula is C16H10N10. The van der Waals surface area contributed by atoms with Crippen molar-refractivity contribution in [3.05, 3.63) is 69.9 Å². The number of aromatic nitrogens is 4. The van der Waals surface area contributed by atoms with Gasteiger partial charge in [-0.1, -0.05) is 10.2 Å². The van der Waals surface area contributed by atoms with E-state index in [1.165, 1.54) is 0 Å². The van der Waals surface area contributed by atoms with Crippen molar-refractivity contribution in [2.24, 2.45) is 10.2 Å². The molecule has 0 bridgehead atoms. The van der Waals surface area contributed by atoms with Gasteiger partial charge in [-0.2, -0.15) is 0 Å². The predicted octanol–water partition coefficient (Wildman–Crippen LogP) is 5.36. The van der Waals surface area contributed by atoms with Crippen molar-refractivity contribution in [2.45, 2.75) is 0 Å². The van der Waals surface area contributed by atoms with E-state index in [1.807, 2.05) is 46.1 Å². The first-order valence-electron chi connectivity index (χ1n) is 7.51. The van der Waals surface area contributed by atoms with Crippen LogP contribution in [0.2, 0.25) is 0 Å². The van der Waals surface area contributed by atoms with Gasteiger partial charge < -0.3 is 9.13 Å². The molecule has 0 atom stereocenters. The Morgan fingerprint density at radius 2 is 1.23 bits per heavy atom. The molecule has 4 aromatic rings. The molecule has 0 saturated heterocycles. The van der Waals surface area contributed by atoms with Crippen LogP contribution >= 0.6 is 0 Å². The lowest BCUT2D eigenvalue weighted by atomic mass is 10.3. The Kier molecular flexibility index (Phi) is 3.72. The third kappa shape index (κ3) is 2.49. The van der Waals surface area contributed by atoms with Crippen molar-refractivity contribution >= 4 is 45.8 Å². The molecule has 4 heterocycles. The highest BCUT2D eigenvalue weighted by atomic mass is 15.1. The molecule has 0 radical (unpaired) electrons. The molecule has 4 aromatic heterocycles. The number of pyridine rings is 2. The molecule has 0 aliphatic carbocycles. The second-order valence-corrected chi connectivity index (χ2v) is 5.26. The number of nitrogens with zero attached hydrogens (tertiary/aromatic N) is 10. The molecule has 0 unspecified atom stereocenters. The van der Waals surface area contributed by atoms with Crippen LogP contribution in [0.4, 0.5) is 11.4 Å². The van der Waals surface area contributed by atoms with Crippen LogP contribution in [-0.4, -0.2) is 19.1 Å². The van der Waals surface area contributed by atoms with Gasteiger partial charge in [-0.05, 0) is 35.3 Å². The Morgan fingerprint density at radius 1 is 0.769 bits per heavy atom. The first kappa shape index (κ1) is 15.3. The van der Waals surface area contributed by atoms with Crippen LogP contribution in [0.5, 0.6) is 0 Å². The number of hydrogen-bond acceptors (Lipinski definition) is 4. The third-order valence-corrected chi connectivity index (χ3v) is 3.88. The van der Waals surface area contributed by atoms with E-state index in [1.54, 1.807) is 24.5 Å². The maximum absolute atomic E-state index is 8.65. The molecule has 0 aliphatic rings. The topological polar surface area (TPSA) is 133 Å². The zero-order chi connectivity index (χ0) is 17.9. The SMILES string of the molecule is [N-]=[N+]=Nc1ccnc2c1ccn2/C=C/n1ccc2c(N=[N+]=[N-])ccnc21. The first-order valence-corrected chi connectivity index (χ1v) is 7.51. The van der Waals surface area contributed by atoms with E-state index in [9.17, 15) is 0 Å². The van der Waals surface area contributed by atoms with Crippen LogP contribution < -0.4 is 0 Å². The van der Waals surface area contributed by atoms with Crippen molar-refractivity contribution in [2.75, 3.05) is 0 Å². The van der Waals surface area contributed by atoms with Gasteiger partial charge in [0.2, 0.25) is 0 Å². The minimum Gasteiger partial charge on any atom is -0.307 e. The molecule has 4 rings (SSSR count). The number of hydrogen-bond donors (Lipinski definition) is 0. The van der Waals surface area contributed by atoms with E-state index in [2.05, 4.69) is 30.0 Å². The zero-order valence-electron chi connectivity index (χ0n) is 13.2. The highest BCUT2D eigenvalue weighted by Crippen LogP contribution is 2.27. The molecular weight excluding hydrogens is 332 g/mol. The molecule has 124 valence electrons. The maximum Gasteiger partial charge on any atom is 0.144 e. The summed E-state index contributed by atoms with van der Waals surface area (Å²) in [6.45, 7) is 0. The Morgan fingerprint density at radius 3 is 1.65 bits per heavy atom. The fourth-order valence-electron chi connectivity index (χ4n) is 2.74. The van der Waals surface area contributed by atoms with Crippen LogP contribution in [0, 0.1) is 0 Å². The molecule has 0 amide bonds. The lowest BCUT2D eigenvalue weighted by Crippen LogP contribution is -1.90. The highest BCUT2D eigenvalue weighted by Gasteiger charge is 2.06. The molecule has 0 N–H and O–H groups in total. The van der Waals surface area contributed by atoms with Gasteiger partial charge in [0.1, 0.15) is 11.3 Å².